The predicted octanol–water partition coefficient (Wildman–Crippen LogP) is 2.67. The molecule has 19 heavy (non-hydrogen) atoms. The van der Waals surface area contributed by atoms with Crippen molar-refractivity contribution < 1.29 is 9.53 Å². The predicted molar refractivity (Wildman–Crippen MR) is 78.8 cm³/mol. The lowest BCUT2D eigenvalue weighted by Gasteiger charge is -2.29. The molecule has 0 saturated carbocycles. The zero-order valence-electron chi connectivity index (χ0n) is 11.5. The lowest BCUT2D eigenvalue weighted by Crippen LogP contribution is -2.34. The number of benzene rings is 1. The van der Waals surface area contributed by atoms with Crippen molar-refractivity contribution in [3.8, 4) is 0 Å². The summed E-state index contributed by atoms with van der Waals surface area (Å²) in [6, 6.07) is 8.21. The van der Waals surface area contributed by atoms with Crippen molar-refractivity contribution in [1.29, 1.82) is 0 Å². The molecule has 1 N–H and O–H groups in total. The number of methoxy groups -OCH3 is 1. The Morgan fingerprint density at radius 1 is 1.37 bits per heavy atom. The van der Waals surface area contributed by atoms with Gasteiger partial charge in [0.25, 0.3) is 0 Å². The third kappa shape index (κ3) is 3.95. The van der Waals surface area contributed by atoms with Crippen LogP contribution < -0.4 is 5.32 Å². The SMILES string of the molecule is COC(=O)C(c1cccc(C)c1)C1CCNCC1.Cl. The Balaban J connectivity index is 0.00000180. The van der Waals surface area contributed by atoms with E-state index in [1.807, 2.05) is 12.1 Å². The summed E-state index contributed by atoms with van der Waals surface area (Å²) in [4.78, 5) is 12.1. The number of ether oxygens (including phenoxy) is 1. The van der Waals surface area contributed by atoms with Gasteiger partial charge in [-0.2, -0.15) is 0 Å². The van der Waals surface area contributed by atoms with E-state index in [0.29, 0.717) is 5.92 Å². The van der Waals surface area contributed by atoms with E-state index in [9.17, 15) is 4.79 Å². The average molecular weight is 284 g/mol. The maximum atomic E-state index is 12.1. The first-order chi connectivity index (χ1) is 8.72. The van der Waals surface area contributed by atoms with Crippen LogP contribution in [-0.4, -0.2) is 26.2 Å². The number of aryl methyl sites for hydroxylation is 1. The number of piperidine rings is 1. The van der Waals surface area contributed by atoms with Gasteiger partial charge in [-0.1, -0.05) is 29.8 Å². The standard InChI is InChI=1S/C15H21NO2.ClH/c1-11-4-3-5-13(10-11)14(15(17)18-2)12-6-8-16-9-7-12;/h3-5,10,12,14,16H,6-9H2,1-2H3;1H. The van der Waals surface area contributed by atoms with Crippen LogP contribution in [0.15, 0.2) is 24.3 Å². The molecule has 1 aromatic carbocycles. The molecule has 3 nitrogen and oxygen atoms in total. The Morgan fingerprint density at radius 2 is 2.05 bits per heavy atom. The summed E-state index contributed by atoms with van der Waals surface area (Å²) in [7, 11) is 1.48. The van der Waals surface area contributed by atoms with E-state index >= 15 is 0 Å². The molecule has 1 heterocycles. The molecular weight excluding hydrogens is 262 g/mol. The van der Waals surface area contributed by atoms with E-state index in [0.717, 1.165) is 31.5 Å². The first-order valence-corrected chi connectivity index (χ1v) is 6.57. The Kier molecular flexibility index (Phi) is 6.32. The molecule has 0 amide bonds. The minimum atomic E-state index is -0.114. The minimum absolute atomic E-state index is 0. The normalized spacial score (nSPS) is 17.4. The monoisotopic (exact) mass is 283 g/mol. The first kappa shape index (κ1) is 16.0. The van der Waals surface area contributed by atoms with Crippen LogP contribution >= 0.6 is 12.4 Å². The van der Waals surface area contributed by atoms with Crippen LogP contribution in [0.2, 0.25) is 0 Å². The summed E-state index contributed by atoms with van der Waals surface area (Å²) >= 11 is 0. The maximum absolute atomic E-state index is 12.1. The molecule has 1 aliphatic heterocycles. The molecule has 1 aromatic rings. The average Bonchev–Trinajstić information content (AvgIpc) is 2.40. The molecule has 4 heteroatoms. The van der Waals surface area contributed by atoms with Gasteiger partial charge in [-0.3, -0.25) is 4.79 Å². The fraction of sp³-hybridized carbons (Fsp3) is 0.533. The first-order valence-electron chi connectivity index (χ1n) is 6.57. The van der Waals surface area contributed by atoms with Gasteiger partial charge in [0.2, 0.25) is 0 Å². The second-order valence-electron chi connectivity index (χ2n) is 5.00. The van der Waals surface area contributed by atoms with Gasteiger partial charge in [-0.05, 0) is 44.3 Å². The molecule has 1 unspecified atom stereocenters. The summed E-state index contributed by atoms with van der Waals surface area (Å²) in [5, 5.41) is 3.34. The fourth-order valence-electron chi connectivity index (χ4n) is 2.77. The summed E-state index contributed by atoms with van der Waals surface area (Å²) in [6.45, 7) is 4.04. The molecule has 0 aromatic heterocycles. The molecule has 1 atom stereocenters. The lowest BCUT2D eigenvalue weighted by molar-refractivity contribution is -0.144. The number of nitrogens with one attached hydrogen (secondary N) is 1. The molecule has 1 aliphatic rings. The molecule has 1 saturated heterocycles. The van der Waals surface area contributed by atoms with Gasteiger partial charge in [-0.25, -0.2) is 0 Å². The van der Waals surface area contributed by atoms with Gasteiger partial charge in [-0.15, -0.1) is 12.4 Å². The Labute approximate surface area is 121 Å². The van der Waals surface area contributed by atoms with Crippen LogP contribution in [-0.2, 0) is 9.53 Å². The van der Waals surface area contributed by atoms with Crippen molar-refractivity contribution in [1.82, 2.24) is 5.32 Å². The molecular formula is C15H22ClNO2. The van der Waals surface area contributed by atoms with Gasteiger partial charge in [0.15, 0.2) is 0 Å². The highest BCUT2D eigenvalue weighted by molar-refractivity contribution is 5.85. The van der Waals surface area contributed by atoms with Crippen molar-refractivity contribution in [2.24, 2.45) is 5.92 Å². The number of esters is 1. The molecule has 0 bridgehead atoms. The number of rotatable bonds is 3. The number of hydrogen-bond acceptors (Lipinski definition) is 3. The highest BCUT2D eigenvalue weighted by Crippen LogP contribution is 2.32. The van der Waals surface area contributed by atoms with Crippen LogP contribution in [0, 0.1) is 12.8 Å². The second-order valence-corrected chi connectivity index (χ2v) is 5.00. The maximum Gasteiger partial charge on any atom is 0.313 e. The molecule has 106 valence electrons. The van der Waals surface area contributed by atoms with Crippen LogP contribution in [0.25, 0.3) is 0 Å². The molecule has 0 radical (unpaired) electrons. The third-order valence-electron chi connectivity index (χ3n) is 3.71. The van der Waals surface area contributed by atoms with E-state index < -0.39 is 0 Å². The van der Waals surface area contributed by atoms with Gasteiger partial charge >= 0.3 is 5.97 Å². The zero-order chi connectivity index (χ0) is 13.0. The van der Waals surface area contributed by atoms with Gasteiger partial charge < -0.3 is 10.1 Å². The molecule has 2 rings (SSSR count). The van der Waals surface area contributed by atoms with Crippen molar-refractivity contribution in [2.45, 2.75) is 25.7 Å². The van der Waals surface area contributed by atoms with Crippen molar-refractivity contribution in [3.05, 3.63) is 35.4 Å². The van der Waals surface area contributed by atoms with E-state index in [-0.39, 0.29) is 24.3 Å². The van der Waals surface area contributed by atoms with Gasteiger partial charge in [0.1, 0.15) is 0 Å². The van der Waals surface area contributed by atoms with Gasteiger partial charge in [0.05, 0.1) is 13.0 Å². The van der Waals surface area contributed by atoms with E-state index in [4.69, 9.17) is 4.74 Å². The second kappa shape index (κ2) is 7.51. The number of hydrogen-bond donors (Lipinski definition) is 1. The van der Waals surface area contributed by atoms with Crippen molar-refractivity contribution in [3.63, 3.8) is 0 Å². The summed E-state index contributed by atoms with van der Waals surface area (Å²) in [5.74, 6) is 0.171. The Morgan fingerprint density at radius 3 is 2.63 bits per heavy atom. The highest BCUT2D eigenvalue weighted by atomic mass is 35.5. The highest BCUT2D eigenvalue weighted by Gasteiger charge is 2.31. The smallest absolute Gasteiger partial charge is 0.313 e. The quantitative estimate of drug-likeness (QED) is 0.867. The van der Waals surface area contributed by atoms with E-state index in [1.165, 1.54) is 12.7 Å². The zero-order valence-corrected chi connectivity index (χ0v) is 12.3. The van der Waals surface area contributed by atoms with Crippen LogP contribution in [0.3, 0.4) is 0 Å². The van der Waals surface area contributed by atoms with Gasteiger partial charge in [0, 0.05) is 0 Å². The Bertz CT molecular complexity index is 416. The Hall–Kier alpha value is -1.06. The fourth-order valence-corrected chi connectivity index (χ4v) is 2.77. The van der Waals surface area contributed by atoms with Crippen molar-refractivity contribution >= 4 is 18.4 Å². The molecule has 0 spiro atoms. The minimum Gasteiger partial charge on any atom is -0.469 e. The summed E-state index contributed by atoms with van der Waals surface area (Å²) < 4.78 is 5.00. The third-order valence-corrected chi connectivity index (χ3v) is 3.71. The number of carbonyl (C=O) groups excluding carboxylic acids is 1. The molecule has 1 fully saturated rings. The summed E-state index contributed by atoms with van der Waals surface area (Å²) in [6.07, 6.45) is 2.07. The number of halogens is 1. The number of carbonyl (C=O) groups is 1. The topological polar surface area (TPSA) is 38.3 Å². The van der Waals surface area contributed by atoms with Crippen LogP contribution in [0.1, 0.15) is 29.9 Å². The van der Waals surface area contributed by atoms with E-state index in [1.54, 1.807) is 0 Å². The van der Waals surface area contributed by atoms with Crippen molar-refractivity contribution in [2.75, 3.05) is 20.2 Å². The summed E-state index contributed by atoms with van der Waals surface area (Å²) in [5.41, 5.74) is 2.28. The van der Waals surface area contributed by atoms with E-state index in [2.05, 4.69) is 24.4 Å². The lowest BCUT2D eigenvalue weighted by atomic mass is 9.80. The molecule has 0 aliphatic carbocycles. The largest absolute Gasteiger partial charge is 0.469 e. The van der Waals surface area contributed by atoms with Crippen LogP contribution in [0.4, 0.5) is 0 Å². The van der Waals surface area contributed by atoms with Crippen LogP contribution in [0.5, 0.6) is 0 Å².